The lowest BCUT2D eigenvalue weighted by Crippen LogP contribution is -2.36. The van der Waals surface area contributed by atoms with Gasteiger partial charge in [-0.05, 0) is 43.5 Å². The number of piperidine rings is 1. The SMILES string of the molecule is C=CC(=O)Nc1ccc(C)c(S(=O)(=O)N2CCCCC2)c1. The molecule has 5 nitrogen and oxygen atoms in total. The largest absolute Gasteiger partial charge is 0.322 e. The number of benzene rings is 1. The maximum Gasteiger partial charge on any atom is 0.247 e. The highest BCUT2D eigenvalue weighted by atomic mass is 32.2. The summed E-state index contributed by atoms with van der Waals surface area (Å²) >= 11 is 0. The van der Waals surface area contributed by atoms with E-state index in [2.05, 4.69) is 11.9 Å². The van der Waals surface area contributed by atoms with Gasteiger partial charge in [-0.25, -0.2) is 8.42 Å². The van der Waals surface area contributed by atoms with E-state index >= 15 is 0 Å². The van der Waals surface area contributed by atoms with Crippen molar-refractivity contribution < 1.29 is 13.2 Å². The Bertz CT molecular complexity index is 647. The van der Waals surface area contributed by atoms with Crippen molar-refractivity contribution in [2.45, 2.75) is 31.1 Å². The maximum atomic E-state index is 12.7. The van der Waals surface area contributed by atoms with Gasteiger partial charge in [0.15, 0.2) is 0 Å². The second kappa shape index (κ2) is 6.41. The van der Waals surface area contributed by atoms with Gasteiger partial charge in [-0.15, -0.1) is 0 Å². The number of aryl methyl sites for hydroxylation is 1. The van der Waals surface area contributed by atoms with E-state index in [9.17, 15) is 13.2 Å². The minimum absolute atomic E-state index is 0.256. The van der Waals surface area contributed by atoms with Gasteiger partial charge in [-0.2, -0.15) is 4.31 Å². The monoisotopic (exact) mass is 308 g/mol. The lowest BCUT2D eigenvalue weighted by Gasteiger charge is -2.26. The molecule has 0 spiro atoms. The Labute approximate surface area is 125 Å². The smallest absolute Gasteiger partial charge is 0.247 e. The van der Waals surface area contributed by atoms with Crippen molar-refractivity contribution in [1.29, 1.82) is 0 Å². The Kier molecular flexibility index (Phi) is 4.80. The lowest BCUT2D eigenvalue weighted by molar-refractivity contribution is -0.111. The van der Waals surface area contributed by atoms with Crippen molar-refractivity contribution in [1.82, 2.24) is 4.31 Å². The summed E-state index contributed by atoms with van der Waals surface area (Å²) < 4.78 is 26.9. The number of hydrogen-bond acceptors (Lipinski definition) is 3. The first kappa shape index (κ1) is 15.7. The van der Waals surface area contributed by atoms with E-state index < -0.39 is 10.0 Å². The Morgan fingerprint density at radius 3 is 2.57 bits per heavy atom. The molecule has 1 aromatic rings. The second-order valence-electron chi connectivity index (χ2n) is 5.14. The lowest BCUT2D eigenvalue weighted by atomic mass is 10.2. The molecule has 6 heteroatoms. The van der Waals surface area contributed by atoms with Crippen LogP contribution in [-0.2, 0) is 14.8 Å². The summed E-state index contributed by atoms with van der Waals surface area (Å²) in [6, 6.07) is 4.90. The Morgan fingerprint density at radius 2 is 1.95 bits per heavy atom. The van der Waals surface area contributed by atoms with Crippen LogP contribution in [0.5, 0.6) is 0 Å². The van der Waals surface area contributed by atoms with E-state index in [4.69, 9.17) is 0 Å². The van der Waals surface area contributed by atoms with Crippen LogP contribution in [0.4, 0.5) is 5.69 Å². The van der Waals surface area contributed by atoms with Crippen molar-refractivity contribution in [2.24, 2.45) is 0 Å². The molecule has 0 atom stereocenters. The zero-order valence-electron chi connectivity index (χ0n) is 12.1. The average molecular weight is 308 g/mol. The van der Waals surface area contributed by atoms with Crippen LogP contribution in [0.2, 0.25) is 0 Å². The van der Waals surface area contributed by atoms with Gasteiger partial charge in [0.25, 0.3) is 0 Å². The van der Waals surface area contributed by atoms with E-state index in [1.165, 1.54) is 10.4 Å². The molecular formula is C15H20N2O3S. The molecule has 0 radical (unpaired) electrons. The molecule has 2 rings (SSSR count). The number of hydrogen-bond donors (Lipinski definition) is 1. The van der Waals surface area contributed by atoms with Crippen molar-refractivity contribution in [3.8, 4) is 0 Å². The van der Waals surface area contributed by atoms with Gasteiger partial charge in [0, 0.05) is 18.8 Å². The summed E-state index contributed by atoms with van der Waals surface area (Å²) in [5.41, 5.74) is 1.14. The standard InChI is InChI=1S/C15H20N2O3S/c1-3-15(18)16-13-8-7-12(2)14(11-13)21(19,20)17-9-5-4-6-10-17/h3,7-8,11H,1,4-6,9-10H2,2H3,(H,16,18). The van der Waals surface area contributed by atoms with Gasteiger partial charge in [0.1, 0.15) is 0 Å². The summed E-state index contributed by atoms with van der Waals surface area (Å²) in [6.45, 7) is 6.26. The molecule has 0 unspecified atom stereocenters. The Balaban J connectivity index is 2.35. The Hall–Kier alpha value is -1.66. The topological polar surface area (TPSA) is 66.5 Å². The summed E-state index contributed by atoms with van der Waals surface area (Å²) in [4.78, 5) is 11.6. The van der Waals surface area contributed by atoms with E-state index in [0.29, 0.717) is 24.3 Å². The highest BCUT2D eigenvalue weighted by Crippen LogP contribution is 2.25. The molecule has 1 heterocycles. The van der Waals surface area contributed by atoms with Crippen LogP contribution in [0.25, 0.3) is 0 Å². The summed E-state index contributed by atoms with van der Waals surface area (Å²) in [5.74, 6) is -0.361. The maximum absolute atomic E-state index is 12.7. The third-order valence-corrected chi connectivity index (χ3v) is 5.61. The molecule has 0 saturated carbocycles. The highest BCUT2D eigenvalue weighted by Gasteiger charge is 2.27. The zero-order valence-corrected chi connectivity index (χ0v) is 12.9. The van der Waals surface area contributed by atoms with Crippen LogP contribution in [0.1, 0.15) is 24.8 Å². The fraction of sp³-hybridized carbons (Fsp3) is 0.400. The van der Waals surface area contributed by atoms with E-state index in [1.807, 2.05) is 0 Å². The molecule has 1 aliphatic heterocycles. The number of rotatable bonds is 4. The first-order valence-electron chi connectivity index (χ1n) is 6.99. The van der Waals surface area contributed by atoms with Gasteiger partial charge < -0.3 is 5.32 Å². The van der Waals surface area contributed by atoms with Crippen LogP contribution in [0.3, 0.4) is 0 Å². The van der Waals surface area contributed by atoms with Gasteiger partial charge in [0.2, 0.25) is 15.9 Å². The molecular weight excluding hydrogens is 288 g/mol. The predicted octanol–water partition coefficient (Wildman–Crippen LogP) is 2.29. The molecule has 21 heavy (non-hydrogen) atoms. The number of amides is 1. The first-order chi connectivity index (χ1) is 9.95. The van der Waals surface area contributed by atoms with E-state index in [-0.39, 0.29) is 10.8 Å². The summed E-state index contributed by atoms with van der Waals surface area (Å²) in [5, 5.41) is 2.59. The number of anilines is 1. The van der Waals surface area contributed by atoms with Crippen LogP contribution < -0.4 is 5.32 Å². The molecule has 0 aliphatic carbocycles. The Morgan fingerprint density at radius 1 is 1.29 bits per heavy atom. The number of carbonyl (C=O) groups excluding carboxylic acids is 1. The minimum atomic E-state index is -3.50. The van der Waals surface area contributed by atoms with E-state index in [0.717, 1.165) is 25.3 Å². The van der Waals surface area contributed by atoms with Crippen LogP contribution >= 0.6 is 0 Å². The van der Waals surface area contributed by atoms with Crippen molar-refractivity contribution in [2.75, 3.05) is 18.4 Å². The number of nitrogens with zero attached hydrogens (tertiary/aromatic N) is 1. The molecule has 0 aromatic heterocycles. The number of carbonyl (C=O) groups is 1. The average Bonchev–Trinajstić information content (AvgIpc) is 2.49. The van der Waals surface area contributed by atoms with Gasteiger partial charge in [0.05, 0.1) is 4.90 Å². The molecule has 1 amide bonds. The molecule has 0 bridgehead atoms. The van der Waals surface area contributed by atoms with Gasteiger partial charge in [-0.3, -0.25) is 4.79 Å². The summed E-state index contributed by atoms with van der Waals surface area (Å²) in [7, 11) is -3.50. The molecule has 1 aromatic carbocycles. The molecule has 1 aliphatic rings. The van der Waals surface area contributed by atoms with Gasteiger partial charge in [-0.1, -0.05) is 19.1 Å². The zero-order chi connectivity index (χ0) is 15.5. The van der Waals surface area contributed by atoms with Crippen molar-refractivity contribution in [3.63, 3.8) is 0 Å². The van der Waals surface area contributed by atoms with Crippen molar-refractivity contribution in [3.05, 3.63) is 36.4 Å². The normalized spacial score (nSPS) is 16.4. The van der Waals surface area contributed by atoms with Gasteiger partial charge >= 0.3 is 0 Å². The van der Waals surface area contributed by atoms with E-state index in [1.54, 1.807) is 19.1 Å². The van der Waals surface area contributed by atoms with Crippen molar-refractivity contribution >= 4 is 21.6 Å². The van der Waals surface area contributed by atoms with Crippen LogP contribution in [0, 0.1) is 6.92 Å². The fourth-order valence-corrected chi connectivity index (χ4v) is 4.16. The minimum Gasteiger partial charge on any atom is -0.322 e. The van der Waals surface area contributed by atoms with Crippen LogP contribution in [-0.4, -0.2) is 31.7 Å². The summed E-state index contributed by atoms with van der Waals surface area (Å²) in [6.07, 6.45) is 4.01. The second-order valence-corrected chi connectivity index (χ2v) is 7.04. The fourth-order valence-electron chi connectivity index (χ4n) is 2.39. The van der Waals surface area contributed by atoms with Crippen LogP contribution in [0.15, 0.2) is 35.7 Å². The molecule has 1 saturated heterocycles. The molecule has 1 fully saturated rings. The molecule has 114 valence electrons. The predicted molar refractivity (Wildman–Crippen MR) is 82.6 cm³/mol. The number of sulfonamides is 1. The quantitative estimate of drug-likeness (QED) is 0.868. The highest BCUT2D eigenvalue weighted by molar-refractivity contribution is 7.89. The third kappa shape index (κ3) is 3.51. The third-order valence-electron chi connectivity index (χ3n) is 3.57. The number of nitrogens with one attached hydrogen (secondary N) is 1. The first-order valence-corrected chi connectivity index (χ1v) is 8.43. The molecule has 1 N–H and O–H groups in total.